The minimum Gasteiger partial charge on any atom is -0.342 e. The molecule has 31 heavy (non-hydrogen) atoms. The van der Waals surface area contributed by atoms with Crippen LogP contribution in [0.5, 0.6) is 0 Å². The molecule has 0 bridgehead atoms. The van der Waals surface area contributed by atoms with Gasteiger partial charge in [-0.3, -0.25) is 19.3 Å². The summed E-state index contributed by atoms with van der Waals surface area (Å²) in [6, 6.07) is 7.37. The molecule has 0 spiro atoms. The Balaban J connectivity index is 1.73. The highest BCUT2D eigenvalue weighted by Crippen LogP contribution is 2.14. The highest BCUT2D eigenvalue weighted by atomic mass is 19.1. The van der Waals surface area contributed by atoms with E-state index in [1.165, 1.54) is 16.8 Å². The molecule has 1 fully saturated rings. The molecule has 2 amide bonds. The first-order valence-electron chi connectivity index (χ1n) is 10.5. The third-order valence-corrected chi connectivity index (χ3v) is 5.53. The smallest absolute Gasteiger partial charge is 0.278 e. The molecule has 8 nitrogen and oxygen atoms in total. The van der Waals surface area contributed by atoms with Crippen molar-refractivity contribution in [2.45, 2.75) is 20.8 Å². The van der Waals surface area contributed by atoms with Gasteiger partial charge in [-0.25, -0.2) is 9.07 Å². The number of rotatable bonds is 6. The lowest BCUT2D eigenvalue weighted by atomic mass is 10.2. The van der Waals surface area contributed by atoms with Crippen LogP contribution in [0.15, 0.2) is 35.1 Å². The molecule has 166 valence electrons. The van der Waals surface area contributed by atoms with Gasteiger partial charge in [0.2, 0.25) is 11.3 Å². The second-order valence-electron chi connectivity index (χ2n) is 7.50. The Morgan fingerprint density at radius 3 is 2.35 bits per heavy atom. The van der Waals surface area contributed by atoms with Crippen molar-refractivity contribution in [3.8, 4) is 5.69 Å². The van der Waals surface area contributed by atoms with Gasteiger partial charge in [0, 0.05) is 51.0 Å². The Kier molecular flexibility index (Phi) is 7.17. The largest absolute Gasteiger partial charge is 0.342 e. The second kappa shape index (κ2) is 9.82. The van der Waals surface area contributed by atoms with Crippen molar-refractivity contribution < 1.29 is 14.0 Å². The fourth-order valence-corrected chi connectivity index (χ4v) is 3.69. The van der Waals surface area contributed by atoms with Crippen molar-refractivity contribution in [1.29, 1.82) is 0 Å². The molecule has 0 saturated carbocycles. The van der Waals surface area contributed by atoms with E-state index in [-0.39, 0.29) is 17.3 Å². The van der Waals surface area contributed by atoms with Crippen molar-refractivity contribution >= 4 is 11.8 Å². The lowest BCUT2D eigenvalue weighted by molar-refractivity contribution is -0.132. The number of para-hydroxylation sites is 1. The van der Waals surface area contributed by atoms with Crippen LogP contribution in [0.3, 0.4) is 0 Å². The summed E-state index contributed by atoms with van der Waals surface area (Å²) in [5.74, 6) is -0.908. The first-order chi connectivity index (χ1) is 14.8. The summed E-state index contributed by atoms with van der Waals surface area (Å²) >= 11 is 0. The minimum absolute atomic E-state index is 0.0674. The van der Waals surface area contributed by atoms with Crippen molar-refractivity contribution in [2.75, 3.05) is 45.8 Å². The van der Waals surface area contributed by atoms with Gasteiger partial charge in [-0.2, -0.15) is 5.10 Å². The van der Waals surface area contributed by atoms with Gasteiger partial charge in [0.25, 0.3) is 5.91 Å². The summed E-state index contributed by atoms with van der Waals surface area (Å²) in [6.07, 6.45) is 0. The van der Waals surface area contributed by atoms with Crippen LogP contribution >= 0.6 is 0 Å². The van der Waals surface area contributed by atoms with E-state index in [4.69, 9.17) is 0 Å². The number of hydrogen-bond acceptors (Lipinski definition) is 5. The Hall–Kier alpha value is -3.07. The Morgan fingerprint density at radius 2 is 1.74 bits per heavy atom. The van der Waals surface area contributed by atoms with E-state index < -0.39 is 17.2 Å². The van der Waals surface area contributed by atoms with Crippen LogP contribution in [0.4, 0.5) is 4.39 Å². The molecule has 9 heteroatoms. The first kappa shape index (κ1) is 22.6. The molecule has 0 atom stereocenters. The number of nitrogens with zero attached hydrogens (tertiary/aromatic N) is 5. The molecular weight excluding hydrogens is 401 g/mol. The zero-order chi connectivity index (χ0) is 22.5. The fourth-order valence-electron chi connectivity index (χ4n) is 3.69. The molecular formula is C22H28FN5O3. The van der Waals surface area contributed by atoms with E-state index in [9.17, 15) is 18.8 Å². The first-order valence-corrected chi connectivity index (χ1v) is 10.5. The quantitative estimate of drug-likeness (QED) is 0.692. The molecule has 0 aliphatic carbocycles. The number of benzene rings is 1. The molecule has 1 aromatic carbocycles. The number of hydrogen-bond donors (Lipinski definition) is 0. The molecule has 1 aliphatic heterocycles. The number of amides is 2. The summed E-state index contributed by atoms with van der Waals surface area (Å²) in [6.45, 7) is 9.02. The maximum absolute atomic E-state index is 14.2. The van der Waals surface area contributed by atoms with Gasteiger partial charge >= 0.3 is 0 Å². The van der Waals surface area contributed by atoms with E-state index in [0.29, 0.717) is 51.5 Å². The number of aromatic nitrogens is 2. The molecule has 0 radical (unpaired) electrons. The third kappa shape index (κ3) is 4.99. The van der Waals surface area contributed by atoms with E-state index in [1.54, 1.807) is 34.9 Å². The topological polar surface area (TPSA) is 78.8 Å². The van der Waals surface area contributed by atoms with Gasteiger partial charge in [0.15, 0.2) is 5.69 Å². The number of carbonyl (C=O) groups excluding carboxylic acids is 2. The molecule has 1 aliphatic rings. The fraction of sp³-hybridized carbons (Fsp3) is 0.455. The minimum atomic E-state index is -0.494. The highest BCUT2D eigenvalue weighted by molar-refractivity contribution is 5.92. The SMILES string of the molecule is CCN(CC)C(=O)CN1CCN(C(=O)c2nn(-c3ccccc3F)c(C)cc2=O)CC1. The predicted octanol–water partition coefficient (Wildman–Crippen LogP) is 1.31. The summed E-state index contributed by atoms with van der Waals surface area (Å²) in [4.78, 5) is 43.1. The molecule has 1 aromatic heterocycles. The summed E-state index contributed by atoms with van der Waals surface area (Å²) < 4.78 is 15.5. The van der Waals surface area contributed by atoms with Gasteiger partial charge in [-0.15, -0.1) is 0 Å². The van der Waals surface area contributed by atoms with E-state index in [2.05, 4.69) is 5.10 Å². The van der Waals surface area contributed by atoms with Crippen molar-refractivity contribution in [2.24, 2.45) is 0 Å². The normalized spacial score (nSPS) is 14.5. The highest BCUT2D eigenvalue weighted by Gasteiger charge is 2.27. The van der Waals surface area contributed by atoms with Gasteiger partial charge < -0.3 is 9.80 Å². The van der Waals surface area contributed by atoms with Crippen LogP contribution in [-0.4, -0.2) is 82.1 Å². The molecule has 0 unspecified atom stereocenters. The van der Waals surface area contributed by atoms with Crippen molar-refractivity contribution in [3.63, 3.8) is 0 Å². The zero-order valence-electron chi connectivity index (χ0n) is 18.2. The summed E-state index contributed by atoms with van der Waals surface area (Å²) in [5.41, 5.74) is -0.115. The zero-order valence-corrected chi connectivity index (χ0v) is 18.2. The lowest BCUT2D eigenvalue weighted by Crippen LogP contribution is -2.52. The summed E-state index contributed by atoms with van der Waals surface area (Å²) in [7, 11) is 0. The maximum Gasteiger partial charge on any atom is 0.278 e. The standard InChI is InChI=1S/C22H28FN5O3/c1-4-26(5-2)20(30)15-25-10-12-27(13-11-25)22(31)21-19(29)14-16(3)28(24-21)18-9-7-6-8-17(18)23/h6-9,14H,4-5,10-13,15H2,1-3H3. The molecule has 1 saturated heterocycles. The average molecular weight is 429 g/mol. The number of carbonyl (C=O) groups is 2. The monoisotopic (exact) mass is 429 g/mol. The van der Waals surface area contributed by atoms with E-state index >= 15 is 0 Å². The summed E-state index contributed by atoms with van der Waals surface area (Å²) in [5, 5.41) is 4.19. The van der Waals surface area contributed by atoms with Crippen LogP contribution < -0.4 is 5.43 Å². The Bertz CT molecular complexity index is 1010. The van der Waals surface area contributed by atoms with E-state index in [1.807, 2.05) is 18.7 Å². The molecule has 0 N–H and O–H groups in total. The van der Waals surface area contributed by atoms with Crippen LogP contribution in [0, 0.1) is 12.7 Å². The number of aryl methyl sites for hydroxylation is 1. The van der Waals surface area contributed by atoms with E-state index in [0.717, 1.165) is 0 Å². The number of halogens is 1. The number of likely N-dealkylation sites (N-methyl/N-ethyl adjacent to an activating group) is 1. The molecule has 3 rings (SSSR count). The lowest BCUT2D eigenvalue weighted by Gasteiger charge is -2.35. The van der Waals surface area contributed by atoms with Crippen LogP contribution in [0.25, 0.3) is 5.69 Å². The molecule has 2 aromatic rings. The average Bonchev–Trinajstić information content (AvgIpc) is 2.75. The van der Waals surface area contributed by atoms with Gasteiger partial charge in [-0.1, -0.05) is 12.1 Å². The van der Waals surface area contributed by atoms with Crippen LogP contribution in [0.1, 0.15) is 30.0 Å². The Morgan fingerprint density at radius 1 is 1.10 bits per heavy atom. The van der Waals surface area contributed by atoms with Crippen molar-refractivity contribution in [1.82, 2.24) is 24.5 Å². The predicted molar refractivity (Wildman–Crippen MR) is 115 cm³/mol. The number of piperazine rings is 1. The molecule has 2 heterocycles. The van der Waals surface area contributed by atoms with Gasteiger partial charge in [0.1, 0.15) is 11.5 Å². The maximum atomic E-state index is 14.2. The van der Waals surface area contributed by atoms with Crippen LogP contribution in [-0.2, 0) is 4.79 Å². The van der Waals surface area contributed by atoms with Crippen LogP contribution in [0.2, 0.25) is 0 Å². The third-order valence-electron chi connectivity index (χ3n) is 5.53. The van der Waals surface area contributed by atoms with Gasteiger partial charge in [-0.05, 0) is 32.9 Å². The van der Waals surface area contributed by atoms with Gasteiger partial charge in [0.05, 0.1) is 6.54 Å². The van der Waals surface area contributed by atoms with Crippen molar-refractivity contribution in [3.05, 3.63) is 57.8 Å². The Labute approximate surface area is 180 Å². The second-order valence-corrected chi connectivity index (χ2v) is 7.50.